The summed E-state index contributed by atoms with van der Waals surface area (Å²) < 4.78 is 5.22. The van der Waals surface area contributed by atoms with Gasteiger partial charge in [-0.3, -0.25) is 10.1 Å². The van der Waals surface area contributed by atoms with Crippen LogP contribution < -0.4 is 5.32 Å². The summed E-state index contributed by atoms with van der Waals surface area (Å²) in [6, 6.07) is 11.8. The van der Waals surface area contributed by atoms with Crippen LogP contribution in [0.25, 0.3) is 10.6 Å². The molecule has 1 aromatic carbocycles. The van der Waals surface area contributed by atoms with Crippen molar-refractivity contribution in [2.24, 2.45) is 0 Å². The van der Waals surface area contributed by atoms with Gasteiger partial charge in [-0.2, -0.15) is 0 Å². The van der Waals surface area contributed by atoms with E-state index in [1.54, 1.807) is 18.3 Å². The maximum atomic E-state index is 12.9. The molecular formula is C23H23N5O2S2. The molecule has 0 aliphatic carbocycles. The van der Waals surface area contributed by atoms with E-state index in [4.69, 9.17) is 4.52 Å². The van der Waals surface area contributed by atoms with Gasteiger partial charge in [0.05, 0.1) is 11.3 Å². The highest BCUT2D eigenvalue weighted by atomic mass is 32.2. The average Bonchev–Trinajstić information content (AvgIpc) is 3.39. The minimum atomic E-state index is -0.266. The first-order valence-electron chi connectivity index (χ1n) is 10.2. The Morgan fingerprint density at radius 3 is 2.62 bits per heavy atom. The smallest absolute Gasteiger partial charge is 0.260 e. The number of benzene rings is 1. The number of carbonyl (C=O) groups is 1. The summed E-state index contributed by atoms with van der Waals surface area (Å²) in [6.07, 6.45) is 1.68. The van der Waals surface area contributed by atoms with Crippen LogP contribution in [0.2, 0.25) is 0 Å². The number of anilines is 1. The lowest BCUT2D eigenvalue weighted by Gasteiger charge is -2.07. The van der Waals surface area contributed by atoms with Crippen LogP contribution >= 0.6 is 23.1 Å². The molecule has 3 heterocycles. The number of thioether (sulfide) groups is 1. The number of hydrogen-bond donors (Lipinski definition) is 1. The lowest BCUT2D eigenvalue weighted by atomic mass is 10.0. The van der Waals surface area contributed by atoms with E-state index >= 15 is 0 Å². The first kappa shape index (κ1) is 22.2. The third-order valence-corrected chi connectivity index (χ3v) is 6.94. The monoisotopic (exact) mass is 465 g/mol. The lowest BCUT2D eigenvalue weighted by molar-refractivity contribution is 0.102. The Balaban J connectivity index is 1.47. The van der Waals surface area contributed by atoms with Crippen molar-refractivity contribution in [3.8, 4) is 10.6 Å². The molecule has 0 aliphatic rings. The molecule has 4 rings (SSSR count). The second-order valence-corrected chi connectivity index (χ2v) is 9.53. The van der Waals surface area contributed by atoms with Gasteiger partial charge in [-0.1, -0.05) is 54.6 Å². The van der Waals surface area contributed by atoms with Crippen LogP contribution in [0.4, 0.5) is 5.13 Å². The summed E-state index contributed by atoms with van der Waals surface area (Å²) >= 11 is 2.82. The summed E-state index contributed by atoms with van der Waals surface area (Å²) in [4.78, 5) is 17.3. The Hall–Kier alpha value is -3.04. The second-order valence-electron chi connectivity index (χ2n) is 7.59. The number of nitrogens with one attached hydrogen (secondary N) is 1. The molecule has 0 saturated carbocycles. The first-order valence-corrected chi connectivity index (χ1v) is 12.0. The second kappa shape index (κ2) is 9.62. The Morgan fingerprint density at radius 1 is 1.16 bits per heavy atom. The van der Waals surface area contributed by atoms with Gasteiger partial charge in [0.25, 0.3) is 5.91 Å². The number of nitrogens with zero attached hydrogens (tertiary/aromatic N) is 4. The number of aryl methyl sites for hydroxylation is 2. The van der Waals surface area contributed by atoms with E-state index in [1.165, 1.54) is 28.7 Å². The van der Waals surface area contributed by atoms with Crippen molar-refractivity contribution in [2.45, 2.75) is 44.4 Å². The first-order chi connectivity index (χ1) is 15.4. The molecular weight excluding hydrogens is 442 g/mol. The van der Waals surface area contributed by atoms with Crippen molar-refractivity contribution in [2.75, 3.05) is 5.32 Å². The van der Waals surface area contributed by atoms with Crippen molar-refractivity contribution < 1.29 is 9.32 Å². The van der Waals surface area contributed by atoms with Crippen LogP contribution in [0, 0.1) is 13.8 Å². The largest absolute Gasteiger partial charge is 0.361 e. The maximum absolute atomic E-state index is 12.9. The van der Waals surface area contributed by atoms with Gasteiger partial charge < -0.3 is 4.52 Å². The van der Waals surface area contributed by atoms with Gasteiger partial charge in [0, 0.05) is 23.1 Å². The highest BCUT2D eigenvalue weighted by Crippen LogP contribution is 2.30. The Kier molecular flexibility index (Phi) is 6.66. The van der Waals surface area contributed by atoms with Crippen LogP contribution in [0.3, 0.4) is 0 Å². The van der Waals surface area contributed by atoms with Crippen LogP contribution in [0.5, 0.6) is 0 Å². The average molecular weight is 466 g/mol. The van der Waals surface area contributed by atoms with E-state index in [9.17, 15) is 4.79 Å². The highest BCUT2D eigenvalue weighted by molar-refractivity contribution is 7.98. The standard InChI is InChI=1S/C23H23N5O2S2/c1-13(2)16-7-9-17(10-8-16)21-26-27-23(32-21)25-20(29)18-6-5-11-24-22(18)31-12-19-14(3)28-30-15(19)4/h5-11,13H,12H2,1-4H3,(H,25,27,29). The number of rotatable bonds is 7. The van der Waals surface area contributed by atoms with Gasteiger partial charge in [-0.05, 0) is 37.5 Å². The zero-order valence-electron chi connectivity index (χ0n) is 18.2. The molecule has 0 aliphatic heterocycles. The molecule has 4 aromatic rings. The molecule has 0 bridgehead atoms. The minimum absolute atomic E-state index is 0.266. The van der Waals surface area contributed by atoms with Gasteiger partial charge in [-0.25, -0.2) is 4.98 Å². The fourth-order valence-electron chi connectivity index (χ4n) is 3.09. The summed E-state index contributed by atoms with van der Waals surface area (Å²) in [5.41, 5.74) is 4.60. The predicted octanol–water partition coefficient (Wildman–Crippen LogP) is 5.87. The Labute approximate surface area is 194 Å². The third kappa shape index (κ3) is 4.89. The molecule has 164 valence electrons. The number of carbonyl (C=O) groups excluding carboxylic acids is 1. The molecule has 1 amide bonds. The molecule has 7 nitrogen and oxygen atoms in total. The van der Waals surface area contributed by atoms with E-state index < -0.39 is 0 Å². The van der Waals surface area contributed by atoms with E-state index in [0.29, 0.717) is 27.4 Å². The molecule has 0 spiro atoms. The van der Waals surface area contributed by atoms with E-state index in [2.05, 4.69) is 51.6 Å². The van der Waals surface area contributed by atoms with Crippen molar-refractivity contribution in [3.05, 3.63) is 70.7 Å². The van der Waals surface area contributed by atoms with E-state index in [-0.39, 0.29) is 5.91 Å². The van der Waals surface area contributed by atoms with Crippen molar-refractivity contribution in [1.29, 1.82) is 0 Å². The number of aromatic nitrogens is 4. The zero-order valence-corrected chi connectivity index (χ0v) is 19.9. The molecule has 0 saturated heterocycles. The van der Waals surface area contributed by atoms with Crippen molar-refractivity contribution >= 4 is 34.1 Å². The summed E-state index contributed by atoms with van der Waals surface area (Å²) in [5.74, 6) is 1.60. The van der Waals surface area contributed by atoms with Gasteiger partial charge in [-0.15, -0.1) is 22.0 Å². The summed E-state index contributed by atoms with van der Waals surface area (Å²) in [7, 11) is 0. The quantitative estimate of drug-likeness (QED) is 0.341. The fourth-order valence-corrected chi connectivity index (χ4v) is 4.98. The van der Waals surface area contributed by atoms with Gasteiger partial charge >= 0.3 is 0 Å². The molecule has 0 fully saturated rings. The number of hydrogen-bond acceptors (Lipinski definition) is 8. The summed E-state index contributed by atoms with van der Waals surface area (Å²) in [6.45, 7) is 8.10. The van der Waals surface area contributed by atoms with Crippen LogP contribution in [-0.4, -0.2) is 26.2 Å². The fraction of sp³-hybridized carbons (Fsp3) is 0.261. The van der Waals surface area contributed by atoms with Crippen LogP contribution in [0.1, 0.15) is 52.7 Å². The Morgan fingerprint density at radius 2 is 1.94 bits per heavy atom. The van der Waals surface area contributed by atoms with Crippen molar-refractivity contribution in [1.82, 2.24) is 20.3 Å². The van der Waals surface area contributed by atoms with E-state index in [1.807, 2.05) is 26.0 Å². The lowest BCUT2D eigenvalue weighted by Crippen LogP contribution is -2.13. The SMILES string of the molecule is Cc1noc(C)c1CSc1ncccc1C(=O)Nc1nnc(-c2ccc(C(C)C)cc2)s1. The normalized spacial score (nSPS) is 11.2. The molecule has 0 radical (unpaired) electrons. The molecule has 9 heteroatoms. The molecule has 0 atom stereocenters. The van der Waals surface area contributed by atoms with Gasteiger partial charge in [0.2, 0.25) is 5.13 Å². The van der Waals surface area contributed by atoms with Crippen molar-refractivity contribution in [3.63, 3.8) is 0 Å². The predicted molar refractivity (Wildman–Crippen MR) is 127 cm³/mol. The zero-order chi connectivity index (χ0) is 22.7. The van der Waals surface area contributed by atoms with Crippen LogP contribution in [-0.2, 0) is 5.75 Å². The topological polar surface area (TPSA) is 93.8 Å². The number of pyridine rings is 1. The minimum Gasteiger partial charge on any atom is -0.361 e. The number of amides is 1. The third-order valence-electron chi connectivity index (χ3n) is 5.02. The highest BCUT2D eigenvalue weighted by Gasteiger charge is 2.17. The molecule has 32 heavy (non-hydrogen) atoms. The van der Waals surface area contributed by atoms with Gasteiger partial charge in [0.1, 0.15) is 15.8 Å². The van der Waals surface area contributed by atoms with Gasteiger partial charge in [0.15, 0.2) is 0 Å². The summed E-state index contributed by atoms with van der Waals surface area (Å²) in [5, 5.41) is 17.1. The Bertz CT molecular complexity index is 1210. The van der Waals surface area contributed by atoms with E-state index in [0.717, 1.165) is 27.6 Å². The molecule has 3 aromatic heterocycles. The van der Waals surface area contributed by atoms with Crippen LogP contribution in [0.15, 0.2) is 52.1 Å². The molecule has 1 N–H and O–H groups in total. The molecule has 0 unspecified atom stereocenters. The maximum Gasteiger partial charge on any atom is 0.260 e.